The molecule has 26 heavy (non-hydrogen) atoms. The fraction of sp³-hybridized carbons (Fsp3) is 0.250. The van der Waals surface area contributed by atoms with Gasteiger partial charge in [0.25, 0.3) is 0 Å². The first kappa shape index (κ1) is 22.0. The second kappa shape index (κ2) is 12.3. The van der Waals surface area contributed by atoms with Gasteiger partial charge in [0.2, 0.25) is 0 Å². The summed E-state index contributed by atoms with van der Waals surface area (Å²) in [5.74, 6) is 1.30. The van der Waals surface area contributed by atoms with E-state index in [0.717, 1.165) is 11.3 Å². The summed E-state index contributed by atoms with van der Waals surface area (Å²) in [5.41, 5.74) is 1.72. The molecule has 0 saturated heterocycles. The van der Waals surface area contributed by atoms with Crippen LogP contribution in [0, 0.1) is 5.82 Å². The number of halogens is 2. The number of hydrogen-bond donors (Lipinski definition) is 2. The van der Waals surface area contributed by atoms with E-state index in [1.54, 1.807) is 25.3 Å². The van der Waals surface area contributed by atoms with Gasteiger partial charge in [0.1, 0.15) is 18.2 Å². The first-order valence-corrected chi connectivity index (χ1v) is 8.24. The molecule has 140 valence electrons. The Morgan fingerprint density at radius 3 is 2.50 bits per heavy atom. The molecule has 0 atom stereocenters. The Morgan fingerprint density at radius 2 is 1.81 bits per heavy atom. The molecule has 4 nitrogen and oxygen atoms in total. The molecule has 0 spiro atoms. The Kier molecular flexibility index (Phi) is 10.4. The molecule has 0 aliphatic heterocycles. The SMILES string of the molecule is C=CCOc1ccccc1CNC(=NC)NCCc1ccccc1F.I. The summed E-state index contributed by atoms with van der Waals surface area (Å²) in [6, 6.07) is 14.6. The lowest BCUT2D eigenvalue weighted by Gasteiger charge is -2.14. The largest absolute Gasteiger partial charge is 0.489 e. The van der Waals surface area contributed by atoms with E-state index in [9.17, 15) is 4.39 Å². The minimum absolute atomic E-state index is 0. The zero-order chi connectivity index (χ0) is 17.9. The first-order valence-electron chi connectivity index (χ1n) is 8.24. The maximum Gasteiger partial charge on any atom is 0.191 e. The van der Waals surface area contributed by atoms with Crippen molar-refractivity contribution in [3.05, 3.63) is 78.1 Å². The summed E-state index contributed by atoms with van der Waals surface area (Å²) in [4.78, 5) is 4.19. The highest BCUT2D eigenvalue weighted by Gasteiger charge is 2.05. The van der Waals surface area contributed by atoms with Crippen molar-refractivity contribution < 1.29 is 9.13 Å². The van der Waals surface area contributed by atoms with Crippen LogP contribution in [0.25, 0.3) is 0 Å². The molecule has 0 unspecified atom stereocenters. The molecule has 0 amide bonds. The van der Waals surface area contributed by atoms with Gasteiger partial charge in [-0.1, -0.05) is 49.1 Å². The third kappa shape index (κ3) is 7.03. The molecule has 6 heteroatoms. The quantitative estimate of drug-likeness (QED) is 0.267. The van der Waals surface area contributed by atoms with E-state index in [2.05, 4.69) is 22.2 Å². The Labute approximate surface area is 171 Å². The lowest BCUT2D eigenvalue weighted by molar-refractivity contribution is 0.358. The molecule has 0 heterocycles. The van der Waals surface area contributed by atoms with Gasteiger partial charge in [-0.15, -0.1) is 24.0 Å². The van der Waals surface area contributed by atoms with Crippen molar-refractivity contribution in [3.8, 4) is 5.75 Å². The molecule has 2 aromatic carbocycles. The standard InChI is InChI=1S/C20H24FN3O.HI/c1-3-14-25-19-11-7-5-9-17(19)15-24-20(22-2)23-13-12-16-8-4-6-10-18(16)21;/h3-11H,1,12-15H2,2H3,(H2,22,23,24);1H. The predicted octanol–water partition coefficient (Wildman–Crippen LogP) is 3.92. The number of aliphatic imine (C=N–C) groups is 1. The lowest BCUT2D eigenvalue weighted by atomic mass is 10.1. The minimum atomic E-state index is -0.180. The molecule has 0 bridgehead atoms. The molecule has 2 rings (SSSR count). The molecule has 0 aromatic heterocycles. The number of guanidine groups is 1. The predicted molar refractivity (Wildman–Crippen MR) is 116 cm³/mol. The molecule has 0 aliphatic carbocycles. The number of benzene rings is 2. The van der Waals surface area contributed by atoms with Gasteiger partial charge in [0.05, 0.1) is 0 Å². The fourth-order valence-corrected chi connectivity index (χ4v) is 2.36. The minimum Gasteiger partial charge on any atom is -0.489 e. The van der Waals surface area contributed by atoms with Crippen molar-refractivity contribution >= 4 is 29.9 Å². The Bertz CT molecular complexity index is 722. The van der Waals surface area contributed by atoms with Gasteiger partial charge in [-0.05, 0) is 24.1 Å². The summed E-state index contributed by atoms with van der Waals surface area (Å²) in [6.45, 7) is 5.29. The zero-order valence-corrected chi connectivity index (χ0v) is 17.2. The maximum absolute atomic E-state index is 13.6. The van der Waals surface area contributed by atoms with Crippen molar-refractivity contribution in [2.75, 3.05) is 20.2 Å². The summed E-state index contributed by atoms with van der Waals surface area (Å²) in [5, 5.41) is 6.44. The molecule has 0 aliphatic rings. The molecule has 2 N–H and O–H groups in total. The maximum atomic E-state index is 13.6. The van der Waals surface area contributed by atoms with E-state index in [-0.39, 0.29) is 29.8 Å². The van der Waals surface area contributed by atoms with E-state index < -0.39 is 0 Å². The van der Waals surface area contributed by atoms with Crippen LogP contribution in [-0.4, -0.2) is 26.2 Å². The molecule has 2 aromatic rings. The van der Waals surface area contributed by atoms with Crippen LogP contribution in [0.15, 0.2) is 66.2 Å². The van der Waals surface area contributed by atoms with Crippen LogP contribution in [0.1, 0.15) is 11.1 Å². The van der Waals surface area contributed by atoms with Crippen LogP contribution in [0.5, 0.6) is 5.75 Å². The van der Waals surface area contributed by atoms with E-state index >= 15 is 0 Å². The van der Waals surface area contributed by atoms with Crippen molar-refractivity contribution in [1.82, 2.24) is 10.6 Å². The highest BCUT2D eigenvalue weighted by molar-refractivity contribution is 14.0. The smallest absolute Gasteiger partial charge is 0.191 e. The lowest BCUT2D eigenvalue weighted by Crippen LogP contribution is -2.38. The highest BCUT2D eigenvalue weighted by atomic mass is 127. The number of para-hydroxylation sites is 1. The van der Waals surface area contributed by atoms with Gasteiger partial charge in [0.15, 0.2) is 5.96 Å². The van der Waals surface area contributed by atoms with Crippen LogP contribution in [-0.2, 0) is 13.0 Å². The van der Waals surface area contributed by atoms with Gasteiger partial charge in [0, 0.05) is 25.7 Å². The third-order valence-electron chi connectivity index (χ3n) is 3.64. The second-order valence-electron chi connectivity index (χ2n) is 5.40. The highest BCUT2D eigenvalue weighted by Crippen LogP contribution is 2.17. The summed E-state index contributed by atoms with van der Waals surface area (Å²) in [7, 11) is 1.71. The number of rotatable bonds is 8. The van der Waals surface area contributed by atoms with Crippen LogP contribution in [0.2, 0.25) is 0 Å². The number of nitrogens with one attached hydrogen (secondary N) is 2. The van der Waals surface area contributed by atoms with Gasteiger partial charge in [-0.3, -0.25) is 4.99 Å². The zero-order valence-electron chi connectivity index (χ0n) is 14.9. The monoisotopic (exact) mass is 469 g/mol. The van der Waals surface area contributed by atoms with Gasteiger partial charge < -0.3 is 15.4 Å². The molecule has 0 fully saturated rings. The number of nitrogens with zero attached hydrogens (tertiary/aromatic N) is 1. The van der Waals surface area contributed by atoms with E-state index in [4.69, 9.17) is 4.74 Å². The van der Waals surface area contributed by atoms with E-state index in [0.29, 0.717) is 37.6 Å². The number of ether oxygens (including phenoxy) is 1. The Hall–Kier alpha value is -2.09. The summed E-state index contributed by atoms with van der Waals surface area (Å²) >= 11 is 0. The first-order chi connectivity index (χ1) is 12.2. The summed E-state index contributed by atoms with van der Waals surface area (Å²) in [6.07, 6.45) is 2.31. The van der Waals surface area contributed by atoms with Crippen LogP contribution in [0.4, 0.5) is 4.39 Å². The molecular formula is C20H25FIN3O. The Balaban J connectivity index is 0.00000338. The average molecular weight is 469 g/mol. The van der Waals surface area contributed by atoms with Gasteiger partial charge in [-0.25, -0.2) is 4.39 Å². The van der Waals surface area contributed by atoms with Crippen molar-refractivity contribution in [3.63, 3.8) is 0 Å². The van der Waals surface area contributed by atoms with Crippen LogP contribution < -0.4 is 15.4 Å². The van der Waals surface area contributed by atoms with Crippen LogP contribution >= 0.6 is 24.0 Å². The topological polar surface area (TPSA) is 45.6 Å². The van der Waals surface area contributed by atoms with Crippen molar-refractivity contribution in [2.24, 2.45) is 4.99 Å². The third-order valence-corrected chi connectivity index (χ3v) is 3.64. The molecular weight excluding hydrogens is 444 g/mol. The normalized spacial score (nSPS) is 10.6. The van der Waals surface area contributed by atoms with Crippen molar-refractivity contribution in [1.29, 1.82) is 0 Å². The fourth-order valence-electron chi connectivity index (χ4n) is 2.36. The van der Waals surface area contributed by atoms with Gasteiger partial charge in [-0.2, -0.15) is 0 Å². The second-order valence-corrected chi connectivity index (χ2v) is 5.40. The number of hydrogen-bond acceptors (Lipinski definition) is 2. The van der Waals surface area contributed by atoms with Gasteiger partial charge >= 0.3 is 0 Å². The molecule has 0 saturated carbocycles. The molecule has 0 radical (unpaired) electrons. The Morgan fingerprint density at radius 1 is 1.12 bits per heavy atom. The summed E-state index contributed by atoms with van der Waals surface area (Å²) < 4.78 is 19.3. The van der Waals surface area contributed by atoms with Crippen molar-refractivity contribution in [2.45, 2.75) is 13.0 Å². The average Bonchev–Trinajstić information content (AvgIpc) is 2.65. The van der Waals surface area contributed by atoms with E-state index in [1.165, 1.54) is 6.07 Å². The van der Waals surface area contributed by atoms with Crippen LogP contribution in [0.3, 0.4) is 0 Å². The van der Waals surface area contributed by atoms with E-state index in [1.807, 2.05) is 30.3 Å².